The molecular weight excluding hydrogens is 192 g/mol. The predicted octanol–water partition coefficient (Wildman–Crippen LogP) is 1.94. The van der Waals surface area contributed by atoms with Crippen LogP contribution in [0, 0.1) is 17.3 Å². The van der Waals surface area contributed by atoms with Gasteiger partial charge in [0.25, 0.3) is 0 Å². The maximum atomic E-state index is 11.8. The van der Waals surface area contributed by atoms with E-state index in [1.807, 2.05) is 0 Å². The summed E-state index contributed by atoms with van der Waals surface area (Å²) in [6.07, 6.45) is 4.98. The Morgan fingerprint density at radius 2 is 2.20 bits per heavy atom. The van der Waals surface area contributed by atoms with Crippen LogP contribution < -0.4 is 0 Å². The number of fused-ring (bicyclic) bond motifs is 1. The fourth-order valence-electron chi connectivity index (χ4n) is 3.37. The van der Waals surface area contributed by atoms with Gasteiger partial charge in [0, 0.05) is 6.42 Å². The van der Waals surface area contributed by atoms with Crippen molar-refractivity contribution in [3.05, 3.63) is 0 Å². The van der Waals surface area contributed by atoms with Gasteiger partial charge in [-0.2, -0.15) is 0 Å². The molecule has 0 aliphatic heterocycles. The minimum absolute atomic E-state index is 0.0637. The molecule has 0 bridgehead atoms. The molecule has 15 heavy (non-hydrogen) atoms. The molecule has 84 valence electrons. The van der Waals surface area contributed by atoms with Crippen molar-refractivity contribution in [3.63, 3.8) is 0 Å². The molecule has 2 fully saturated rings. The van der Waals surface area contributed by atoms with E-state index in [1.165, 1.54) is 13.5 Å². The molecule has 0 spiro atoms. The smallest absolute Gasteiger partial charge is 0.316 e. The van der Waals surface area contributed by atoms with E-state index in [4.69, 9.17) is 4.74 Å². The highest BCUT2D eigenvalue weighted by molar-refractivity contribution is 6.01. The molecule has 0 aromatic rings. The molecule has 0 amide bonds. The van der Waals surface area contributed by atoms with Crippen molar-refractivity contribution in [1.82, 2.24) is 0 Å². The Labute approximate surface area is 90.2 Å². The lowest BCUT2D eigenvalue weighted by Gasteiger charge is -2.36. The van der Waals surface area contributed by atoms with E-state index in [2.05, 4.69) is 6.92 Å². The van der Waals surface area contributed by atoms with Gasteiger partial charge in [-0.1, -0.05) is 19.8 Å². The van der Waals surface area contributed by atoms with Crippen LogP contribution in [0.1, 0.15) is 39.0 Å². The van der Waals surface area contributed by atoms with E-state index in [9.17, 15) is 9.59 Å². The van der Waals surface area contributed by atoms with Crippen LogP contribution in [0.5, 0.6) is 0 Å². The zero-order valence-corrected chi connectivity index (χ0v) is 9.41. The molecule has 0 heterocycles. The number of carbonyl (C=O) groups is 2. The maximum Gasteiger partial charge on any atom is 0.316 e. The summed E-state index contributed by atoms with van der Waals surface area (Å²) >= 11 is 0. The number of ether oxygens (including phenoxy) is 1. The molecule has 0 N–H and O–H groups in total. The Kier molecular flexibility index (Phi) is 2.57. The van der Waals surface area contributed by atoms with E-state index in [0.29, 0.717) is 6.42 Å². The number of hydrogen-bond acceptors (Lipinski definition) is 3. The van der Waals surface area contributed by atoms with Crippen molar-refractivity contribution in [2.24, 2.45) is 17.3 Å². The average Bonchev–Trinajstić information content (AvgIpc) is 2.47. The SMILES string of the molecule is COC(=O)[C@@H]1C(=O)C[C@@]2(C)CCCC[C@@H]12. The fraction of sp³-hybridized carbons (Fsp3) is 0.833. The molecule has 3 nitrogen and oxygen atoms in total. The van der Waals surface area contributed by atoms with Crippen LogP contribution in [-0.4, -0.2) is 18.9 Å². The molecule has 2 rings (SSSR count). The van der Waals surface area contributed by atoms with Gasteiger partial charge in [-0.05, 0) is 24.2 Å². The van der Waals surface area contributed by atoms with Crippen LogP contribution in [0.4, 0.5) is 0 Å². The van der Waals surface area contributed by atoms with Gasteiger partial charge in [-0.25, -0.2) is 0 Å². The summed E-state index contributed by atoms with van der Waals surface area (Å²) in [5, 5.41) is 0. The van der Waals surface area contributed by atoms with Crippen LogP contribution in [0.25, 0.3) is 0 Å². The first-order valence-electron chi connectivity index (χ1n) is 5.69. The number of rotatable bonds is 1. The summed E-state index contributed by atoms with van der Waals surface area (Å²) in [5.41, 5.74) is 0.0637. The molecular formula is C12H18O3. The molecule has 0 radical (unpaired) electrons. The highest BCUT2D eigenvalue weighted by Gasteiger charge is 2.54. The van der Waals surface area contributed by atoms with Crippen LogP contribution in [-0.2, 0) is 14.3 Å². The summed E-state index contributed by atoms with van der Waals surface area (Å²) in [4.78, 5) is 23.4. The van der Waals surface area contributed by atoms with Crippen molar-refractivity contribution in [2.45, 2.75) is 39.0 Å². The second kappa shape index (κ2) is 3.62. The fourth-order valence-corrected chi connectivity index (χ4v) is 3.37. The first-order valence-corrected chi connectivity index (χ1v) is 5.69. The van der Waals surface area contributed by atoms with Gasteiger partial charge in [-0.15, -0.1) is 0 Å². The standard InChI is InChI=1S/C12H18O3/c1-12-6-4-3-5-8(12)10(9(13)7-12)11(14)15-2/h8,10H,3-7H2,1-2H3/t8-,10-,12+/m0/s1. The number of carbonyl (C=O) groups excluding carboxylic acids is 2. The second-order valence-electron chi connectivity index (χ2n) is 5.15. The Hall–Kier alpha value is -0.860. The molecule has 0 aromatic carbocycles. The summed E-state index contributed by atoms with van der Waals surface area (Å²) in [5.74, 6) is -0.474. The quantitative estimate of drug-likeness (QED) is 0.490. The monoisotopic (exact) mass is 210 g/mol. The largest absolute Gasteiger partial charge is 0.468 e. The summed E-state index contributed by atoms with van der Waals surface area (Å²) < 4.78 is 4.74. The lowest BCUT2D eigenvalue weighted by atomic mass is 9.67. The van der Waals surface area contributed by atoms with E-state index in [0.717, 1.165) is 19.3 Å². The minimum Gasteiger partial charge on any atom is -0.468 e. The van der Waals surface area contributed by atoms with E-state index < -0.39 is 5.92 Å². The first-order chi connectivity index (χ1) is 7.08. The Bertz CT molecular complexity index is 297. The normalized spacial score (nSPS) is 40.0. The van der Waals surface area contributed by atoms with E-state index in [-0.39, 0.29) is 23.1 Å². The highest BCUT2D eigenvalue weighted by atomic mass is 16.5. The molecule has 0 saturated heterocycles. The van der Waals surface area contributed by atoms with Gasteiger partial charge in [-0.3, -0.25) is 9.59 Å². The highest BCUT2D eigenvalue weighted by Crippen LogP contribution is 2.53. The summed E-state index contributed by atoms with van der Waals surface area (Å²) in [6.45, 7) is 2.15. The number of methoxy groups -OCH3 is 1. The predicted molar refractivity (Wildman–Crippen MR) is 55.2 cm³/mol. The van der Waals surface area contributed by atoms with E-state index in [1.54, 1.807) is 0 Å². The lowest BCUT2D eigenvalue weighted by Crippen LogP contribution is -2.33. The van der Waals surface area contributed by atoms with Crippen molar-refractivity contribution in [2.75, 3.05) is 7.11 Å². The Balaban J connectivity index is 2.25. The van der Waals surface area contributed by atoms with Gasteiger partial charge in [0.15, 0.2) is 0 Å². The van der Waals surface area contributed by atoms with Crippen molar-refractivity contribution in [3.8, 4) is 0 Å². The maximum absolute atomic E-state index is 11.8. The number of ketones is 1. The minimum atomic E-state index is -0.472. The van der Waals surface area contributed by atoms with Gasteiger partial charge >= 0.3 is 5.97 Å². The molecule has 2 saturated carbocycles. The first kappa shape index (κ1) is 10.7. The molecule has 2 aliphatic rings. The zero-order chi connectivity index (χ0) is 11.1. The van der Waals surface area contributed by atoms with Crippen molar-refractivity contribution >= 4 is 11.8 Å². The van der Waals surface area contributed by atoms with Gasteiger partial charge < -0.3 is 4.74 Å². The topological polar surface area (TPSA) is 43.4 Å². The lowest BCUT2D eigenvalue weighted by molar-refractivity contribution is -0.150. The zero-order valence-electron chi connectivity index (χ0n) is 9.41. The third kappa shape index (κ3) is 1.58. The third-order valence-corrected chi connectivity index (χ3v) is 4.19. The Morgan fingerprint density at radius 3 is 2.87 bits per heavy atom. The van der Waals surface area contributed by atoms with Crippen LogP contribution >= 0.6 is 0 Å². The van der Waals surface area contributed by atoms with E-state index >= 15 is 0 Å². The summed E-state index contributed by atoms with van der Waals surface area (Å²) in [7, 11) is 1.37. The van der Waals surface area contributed by atoms with Gasteiger partial charge in [0.2, 0.25) is 0 Å². The molecule has 3 heteroatoms. The molecule has 0 aromatic heterocycles. The van der Waals surface area contributed by atoms with Crippen LogP contribution in [0.3, 0.4) is 0 Å². The number of esters is 1. The van der Waals surface area contributed by atoms with Gasteiger partial charge in [0.1, 0.15) is 11.7 Å². The third-order valence-electron chi connectivity index (χ3n) is 4.19. The number of hydrogen-bond donors (Lipinski definition) is 0. The average molecular weight is 210 g/mol. The molecule has 3 atom stereocenters. The van der Waals surface area contributed by atoms with Crippen molar-refractivity contribution in [1.29, 1.82) is 0 Å². The molecule has 0 unspecified atom stereocenters. The number of Topliss-reactive ketones (excluding diaryl/α,β-unsaturated/α-hetero) is 1. The summed E-state index contributed by atoms with van der Waals surface area (Å²) in [6, 6.07) is 0. The van der Waals surface area contributed by atoms with Crippen LogP contribution in [0.2, 0.25) is 0 Å². The van der Waals surface area contributed by atoms with Crippen LogP contribution in [0.15, 0.2) is 0 Å². The second-order valence-corrected chi connectivity index (χ2v) is 5.15. The Morgan fingerprint density at radius 1 is 1.47 bits per heavy atom. The van der Waals surface area contributed by atoms with Gasteiger partial charge in [0.05, 0.1) is 7.11 Å². The van der Waals surface area contributed by atoms with Crippen molar-refractivity contribution < 1.29 is 14.3 Å². The molecule has 2 aliphatic carbocycles.